The molecule has 0 spiro atoms. The number of aliphatic hydroxyl groups is 1. The van der Waals surface area contributed by atoms with Crippen LogP contribution in [0.15, 0.2) is 97.1 Å². The molecule has 0 radical (unpaired) electrons. The fourth-order valence-electron chi connectivity index (χ4n) is 6.08. The van der Waals surface area contributed by atoms with Crippen molar-refractivity contribution in [2.24, 2.45) is 0 Å². The van der Waals surface area contributed by atoms with Gasteiger partial charge in [-0.15, -0.1) is 0 Å². The van der Waals surface area contributed by atoms with Crippen LogP contribution in [0.2, 0.25) is 0 Å². The largest absolute Gasteiger partial charge is 0.392 e. The average molecular weight is 563 g/mol. The van der Waals surface area contributed by atoms with E-state index in [-0.39, 0.29) is 44.0 Å². The zero-order valence-electron chi connectivity index (χ0n) is 23.4. The summed E-state index contributed by atoms with van der Waals surface area (Å²) in [6, 6.07) is 30.3. The summed E-state index contributed by atoms with van der Waals surface area (Å²) in [5, 5.41) is 14.5. The molecule has 8 nitrogen and oxygen atoms in total. The van der Waals surface area contributed by atoms with E-state index in [0.29, 0.717) is 19.5 Å². The van der Waals surface area contributed by atoms with Crippen molar-refractivity contribution in [3.63, 3.8) is 0 Å². The number of rotatable bonds is 7. The molecule has 42 heavy (non-hydrogen) atoms. The van der Waals surface area contributed by atoms with Crippen LogP contribution in [0.3, 0.4) is 0 Å². The Morgan fingerprint density at radius 1 is 0.833 bits per heavy atom. The highest BCUT2D eigenvalue weighted by Gasteiger charge is 2.48. The van der Waals surface area contributed by atoms with Crippen LogP contribution in [-0.4, -0.2) is 62.9 Å². The molecule has 2 aliphatic heterocycles. The first-order chi connectivity index (χ1) is 20.5. The molecule has 2 atom stereocenters. The second-order valence-corrected chi connectivity index (χ2v) is 10.9. The molecule has 0 saturated carbocycles. The Morgan fingerprint density at radius 2 is 1.55 bits per heavy atom. The molecule has 6 rings (SSSR count). The van der Waals surface area contributed by atoms with Crippen LogP contribution in [0.1, 0.15) is 28.7 Å². The molecule has 0 aliphatic carbocycles. The lowest BCUT2D eigenvalue weighted by Crippen LogP contribution is -2.72. The van der Waals surface area contributed by atoms with Gasteiger partial charge in [-0.25, -0.2) is 4.79 Å². The van der Waals surface area contributed by atoms with Crippen molar-refractivity contribution < 1.29 is 19.5 Å². The van der Waals surface area contributed by atoms with Crippen molar-refractivity contribution in [1.29, 1.82) is 0 Å². The Morgan fingerprint density at radius 3 is 2.33 bits per heavy atom. The van der Waals surface area contributed by atoms with Crippen molar-refractivity contribution in [2.45, 2.75) is 44.7 Å². The SMILES string of the molecule is O=C1[C@H](Cc2ccccc2)N2C(=O)CCN(C(=O)NCc3ccc(CO)cc3)[C@H]2CN1Cc1cccc2ccccc12. The summed E-state index contributed by atoms with van der Waals surface area (Å²) < 4.78 is 0. The maximum absolute atomic E-state index is 14.1. The smallest absolute Gasteiger partial charge is 0.319 e. The molecule has 2 heterocycles. The average Bonchev–Trinajstić information content (AvgIpc) is 3.03. The second-order valence-electron chi connectivity index (χ2n) is 10.9. The highest BCUT2D eigenvalue weighted by molar-refractivity contribution is 5.92. The third-order valence-corrected chi connectivity index (χ3v) is 8.27. The molecular weight excluding hydrogens is 528 g/mol. The second kappa shape index (κ2) is 12.0. The van der Waals surface area contributed by atoms with Gasteiger partial charge in [0.2, 0.25) is 11.8 Å². The highest BCUT2D eigenvalue weighted by Crippen LogP contribution is 2.30. The summed E-state index contributed by atoms with van der Waals surface area (Å²) in [4.78, 5) is 46.2. The Balaban J connectivity index is 1.29. The number of aliphatic hydroxyl groups excluding tert-OH is 1. The number of piperazine rings is 1. The first kappa shape index (κ1) is 27.5. The van der Waals surface area contributed by atoms with E-state index < -0.39 is 12.2 Å². The van der Waals surface area contributed by atoms with E-state index >= 15 is 0 Å². The van der Waals surface area contributed by atoms with Crippen molar-refractivity contribution in [3.05, 3.63) is 119 Å². The van der Waals surface area contributed by atoms with Gasteiger partial charge < -0.3 is 25.1 Å². The van der Waals surface area contributed by atoms with Crippen molar-refractivity contribution in [2.75, 3.05) is 13.1 Å². The van der Waals surface area contributed by atoms with Crippen LogP contribution < -0.4 is 5.32 Å². The monoisotopic (exact) mass is 562 g/mol. The summed E-state index contributed by atoms with van der Waals surface area (Å²) in [5.41, 5.74) is 3.70. The maximum Gasteiger partial charge on any atom is 0.319 e. The minimum atomic E-state index is -0.713. The number of hydrogen-bond acceptors (Lipinski definition) is 4. The Hall–Kier alpha value is -4.69. The van der Waals surface area contributed by atoms with E-state index in [4.69, 9.17) is 0 Å². The van der Waals surface area contributed by atoms with Gasteiger partial charge in [-0.3, -0.25) is 9.59 Å². The predicted octanol–water partition coefficient (Wildman–Crippen LogP) is 4.06. The Kier molecular flexibility index (Phi) is 7.88. The molecule has 0 unspecified atom stereocenters. The highest BCUT2D eigenvalue weighted by atomic mass is 16.3. The van der Waals surface area contributed by atoms with Gasteiger partial charge in [0.05, 0.1) is 13.2 Å². The molecule has 8 heteroatoms. The van der Waals surface area contributed by atoms with Crippen LogP contribution in [0.4, 0.5) is 4.79 Å². The number of carbonyl (C=O) groups excluding carboxylic acids is 3. The van der Waals surface area contributed by atoms with Gasteiger partial charge in [-0.05, 0) is 33.0 Å². The van der Waals surface area contributed by atoms with E-state index in [1.54, 1.807) is 9.80 Å². The minimum absolute atomic E-state index is 0.0376. The number of fused-ring (bicyclic) bond motifs is 2. The van der Waals surface area contributed by atoms with E-state index in [0.717, 1.165) is 33.0 Å². The van der Waals surface area contributed by atoms with Gasteiger partial charge in [-0.1, -0.05) is 97.1 Å². The molecule has 2 N–H and O–H groups in total. The number of urea groups is 1. The maximum atomic E-state index is 14.1. The van der Waals surface area contributed by atoms with Crippen LogP contribution >= 0.6 is 0 Å². The van der Waals surface area contributed by atoms with Gasteiger partial charge in [0, 0.05) is 32.5 Å². The topological polar surface area (TPSA) is 93.2 Å². The van der Waals surface area contributed by atoms with Crippen molar-refractivity contribution in [3.8, 4) is 0 Å². The summed E-state index contributed by atoms with van der Waals surface area (Å²) in [6.45, 7) is 1.18. The van der Waals surface area contributed by atoms with E-state index in [1.165, 1.54) is 0 Å². The summed E-state index contributed by atoms with van der Waals surface area (Å²) in [6.07, 6.45) is -0.0399. The quantitative estimate of drug-likeness (QED) is 0.356. The van der Waals surface area contributed by atoms with E-state index in [1.807, 2.05) is 83.8 Å². The number of nitrogens with one attached hydrogen (secondary N) is 1. The van der Waals surface area contributed by atoms with Gasteiger partial charge in [0.1, 0.15) is 12.2 Å². The predicted molar refractivity (Wildman–Crippen MR) is 160 cm³/mol. The number of benzene rings is 4. The fourth-order valence-corrected chi connectivity index (χ4v) is 6.08. The molecule has 4 aromatic rings. The number of amides is 4. The molecule has 4 aromatic carbocycles. The van der Waals surface area contributed by atoms with Crippen LogP contribution in [0.5, 0.6) is 0 Å². The molecule has 2 saturated heterocycles. The molecular formula is C34H34N4O4. The van der Waals surface area contributed by atoms with Crippen LogP contribution in [-0.2, 0) is 35.7 Å². The molecule has 2 aliphatic rings. The van der Waals surface area contributed by atoms with E-state index in [2.05, 4.69) is 23.5 Å². The molecule has 4 amide bonds. The minimum Gasteiger partial charge on any atom is -0.392 e. The Labute approximate surface area is 245 Å². The van der Waals surface area contributed by atoms with Gasteiger partial charge in [-0.2, -0.15) is 0 Å². The number of nitrogens with zero attached hydrogens (tertiary/aromatic N) is 3. The van der Waals surface area contributed by atoms with Gasteiger partial charge in [0.15, 0.2) is 0 Å². The van der Waals surface area contributed by atoms with Gasteiger partial charge in [0.25, 0.3) is 0 Å². The zero-order valence-corrected chi connectivity index (χ0v) is 23.4. The lowest BCUT2D eigenvalue weighted by molar-refractivity contribution is -0.167. The molecule has 0 aromatic heterocycles. The number of carbonyl (C=O) groups is 3. The molecule has 0 bridgehead atoms. The summed E-state index contributed by atoms with van der Waals surface area (Å²) >= 11 is 0. The first-order valence-corrected chi connectivity index (χ1v) is 14.4. The zero-order chi connectivity index (χ0) is 29.1. The van der Waals surface area contributed by atoms with Crippen LogP contribution in [0, 0.1) is 0 Å². The third kappa shape index (κ3) is 5.58. The van der Waals surface area contributed by atoms with E-state index in [9.17, 15) is 19.5 Å². The lowest BCUT2D eigenvalue weighted by Gasteiger charge is -2.52. The van der Waals surface area contributed by atoms with Gasteiger partial charge >= 0.3 is 6.03 Å². The Bertz CT molecular complexity index is 1590. The third-order valence-electron chi connectivity index (χ3n) is 8.27. The standard InChI is InChI=1S/C34H34N4O4/c39-23-26-15-13-25(14-16-26)20-35-34(42)37-18-17-32(40)38-30(19-24-7-2-1-3-8-24)33(41)36(22-31(37)38)21-28-11-6-10-27-9-4-5-12-29(27)28/h1-16,30-31,39H,17-23H2,(H,35,42)/t30-,31+/m0/s1. The summed E-state index contributed by atoms with van der Waals surface area (Å²) in [5.74, 6) is -0.217. The molecule has 2 fully saturated rings. The first-order valence-electron chi connectivity index (χ1n) is 14.4. The fraction of sp³-hybridized carbons (Fsp3) is 0.265. The lowest BCUT2D eigenvalue weighted by atomic mass is 9.96. The number of hydrogen-bond donors (Lipinski definition) is 2. The van der Waals surface area contributed by atoms with Crippen molar-refractivity contribution in [1.82, 2.24) is 20.0 Å². The normalized spacial score (nSPS) is 18.7. The molecule has 214 valence electrons. The van der Waals surface area contributed by atoms with Crippen molar-refractivity contribution >= 4 is 28.6 Å². The van der Waals surface area contributed by atoms with Crippen LogP contribution in [0.25, 0.3) is 10.8 Å². The summed E-state index contributed by atoms with van der Waals surface area (Å²) in [7, 11) is 0.